The van der Waals surface area contributed by atoms with Crippen molar-refractivity contribution < 1.29 is 9.90 Å². The zero-order valence-electron chi connectivity index (χ0n) is 9.68. The third-order valence-electron chi connectivity index (χ3n) is 4.26. The Kier molecular flexibility index (Phi) is 2.53. The van der Waals surface area contributed by atoms with Crippen molar-refractivity contribution >= 4 is 5.97 Å². The van der Waals surface area contributed by atoms with E-state index in [0.29, 0.717) is 0 Å². The van der Waals surface area contributed by atoms with E-state index in [1.165, 1.54) is 12.8 Å². The van der Waals surface area contributed by atoms with Gasteiger partial charge in [-0.25, -0.2) is 0 Å². The summed E-state index contributed by atoms with van der Waals surface area (Å²) in [6, 6.07) is 0. The molecule has 0 aromatic heterocycles. The SMILES string of the molecule is CC1(C)CCCC1(NCC1CC1)C(=O)O. The van der Waals surface area contributed by atoms with Gasteiger partial charge in [0, 0.05) is 0 Å². The lowest BCUT2D eigenvalue weighted by Gasteiger charge is -2.38. The molecule has 2 saturated carbocycles. The third kappa shape index (κ3) is 1.78. The summed E-state index contributed by atoms with van der Waals surface area (Å²) in [6.07, 6.45) is 5.35. The van der Waals surface area contributed by atoms with E-state index in [4.69, 9.17) is 0 Å². The number of hydrogen-bond donors (Lipinski definition) is 2. The lowest BCUT2D eigenvalue weighted by atomic mass is 9.75. The summed E-state index contributed by atoms with van der Waals surface area (Å²) in [4.78, 5) is 11.5. The van der Waals surface area contributed by atoms with Crippen LogP contribution in [0, 0.1) is 11.3 Å². The minimum absolute atomic E-state index is 0.117. The van der Waals surface area contributed by atoms with Crippen LogP contribution in [-0.2, 0) is 4.79 Å². The van der Waals surface area contributed by atoms with Gasteiger partial charge in [-0.3, -0.25) is 4.79 Å². The first kappa shape index (κ1) is 10.9. The van der Waals surface area contributed by atoms with Crippen LogP contribution in [0.4, 0.5) is 0 Å². The summed E-state index contributed by atoms with van der Waals surface area (Å²) in [7, 11) is 0. The molecule has 1 unspecified atom stereocenters. The summed E-state index contributed by atoms with van der Waals surface area (Å²) >= 11 is 0. The van der Waals surface area contributed by atoms with E-state index in [9.17, 15) is 9.90 Å². The van der Waals surface area contributed by atoms with Gasteiger partial charge in [-0.05, 0) is 43.6 Å². The van der Waals surface area contributed by atoms with Crippen molar-refractivity contribution in [3.8, 4) is 0 Å². The first-order valence-electron chi connectivity index (χ1n) is 5.96. The fourth-order valence-corrected chi connectivity index (χ4v) is 2.79. The van der Waals surface area contributed by atoms with E-state index < -0.39 is 11.5 Å². The molecule has 0 spiro atoms. The van der Waals surface area contributed by atoms with Crippen LogP contribution in [0.25, 0.3) is 0 Å². The standard InChI is InChI=1S/C12H21NO2/c1-11(2)6-3-7-12(11,10(14)15)13-8-9-4-5-9/h9,13H,3-8H2,1-2H3,(H,14,15). The average Bonchev–Trinajstić information content (AvgIpc) is 2.89. The highest BCUT2D eigenvalue weighted by molar-refractivity contribution is 5.80. The minimum atomic E-state index is -0.671. The largest absolute Gasteiger partial charge is 0.480 e. The number of carboxylic acid groups (broad SMARTS) is 1. The average molecular weight is 211 g/mol. The Hall–Kier alpha value is -0.570. The normalized spacial score (nSPS) is 34.3. The zero-order chi connectivity index (χ0) is 11.1. The predicted octanol–water partition coefficient (Wildman–Crippen LogP) is 2.02. The molecule has 0 saturated heterocycles. The van der Waals surface area contributed by atoms with Gasteiger partial charge in [0.25, 0.3) is 0 Å². The van der Waals surface area contributed by atoms with Gasteiger partial charge in [0.15, 0.2) is 0 Å². The maximum absolute atomic E-state index is 11.5. The first-order valence-corrected chi connectivity index (χ1v) is 5.96. The molecule has 86 valence electrons. The van der Waals surface area contributed by atoms with Crippen LogP contribution >= 0.6 is 0 Å². The molecule has 0 amide bonds. The lowest BCUT2D eigenvalue weighted by Crippen LogP contribution is -2.59. The fraction of sp³-hybridized carbons (Fsp3) is 0.917. The number of carbonyl (C=O) groups is 1. The van der Waals surface area contributed by atoms with Crippen LogP contribution in [0.3, 0.4) is 0 Å². The maximum atomic E-state index is 11.5. The summed E-state index contributed by atoms with van der Waals surface area (Å²) in [5.41, 5.74) is -0.788. The van der Waals surface area contributed by atoms with Crippen molar-refractivity contribution in [2.24, 2.45) is 11.3 Å². The molecule has 1 atom stereocenters. The number of rotatable bonds is 4. The van der Waals surface area contributed by atoms with Crippen molar-refractivity contribution in [1.29, 1.82) is 0 Å². The van der Waals surface area contributed by atoms with Gasteiger partial charge < -0.3 is 10.4 Å². The van der Waals surface area contributed by atoms with Gasteiger partial charge in [-0.15, -0.1) is 0 Å². The van der Waals surface area contributed by atoms with Gasteiger partial charge in [0.05, 0.1) is 0 Å². The van der Waals surface area contributed by atoms with Crippen molar-refractivity contribution in [2.45, 2.75) is 51.5 Å². The molecule has 3 heteroatoms. The molecule has 2 aliphatic carbocycles. The van der Waals surface area contributed by atoms with Gasteiger partial charge in [-0.2, -0.15) is 0 Å². The van der Waals surface area contributed by atoms with Crippen LogP contribution in [0.15, 0.2) is 0 Å². The molecule has 2 N–H and O–H groups in total. The summed E-state index contributed by atoms with van der Waals surface area (Å²) in [6.45, 7) is 5.04. The number of carboxylic acids is 1. The van der Waals surface area contributed by atoms with Crippen LogP contribution in [-0.4, -0.2) is 23.2 Å². The lowest BCUT2D eigenvalue weighted by molar-refractivity contribution is -0.149. The predicted molar refractivity (Wildman–Crippen MR) is 58.7 cm³/mol. The number of hydrogen-bond acceptors (Lipinski definition) is 2. The Bertz CT molecular complexity index is 271. The van der Waals surface area contributed by atoms with Gasteiger partial charge >= 0.3 is 5.97 Å². The molecule has 15 heavy (non-hydrogen) atoms. The molecule has 0 bridgehead atoms. The van der Waals surface area contributed by atoms with Crippen molar-refractivity contribution in [1.82, 2.24) is 5.32 Å². The second-order valence-corrected chi connectivity index (χ2v) is 5.77. The van der Waals surface area contributed by atoms with E-state index >= 15 is 0 Å². The highest BCUT2D eigenvalue weighted by atomic mass is 16.4. The van der Waals surface area contributed by atoms with Gasteiger partial charge in [0.2, 0.25) is 0 Å². The minimum Gasteiger partial charge on any atom is -0.480 e. The smallest absolute Gasteiger partial charge is 0.324 e. The molecule has 0 aromatic carbocycles. The Morgan fingerprint density at radius 2 is 2.07 bits per heavy atom. The Morgan fingerprint density at radius 3 is 2.47 bits per heavy atom. The third-order valence-corrected chi connectivity index (χ3v) is 4.26. The molecular weight excluding hydrogens is 190 g/mol. The fourth-order valence-electron chi connectivity index (χ4n) is 2.79. The molecule has 2 fully saturated rings. The molecule has 0 radical (unpaired) electrons. The second kappa shape index (κ2) is 3.48. The first-order chi connectivity index (χ1) is 6.98. The molecule has 0 aliphatic heterocycles. The Morgan fingerprint density at radius 1 is 1.40 bits per heavy atom. The Balaban J connectivity index is 2.11. The van der Waals surface area contributed by atoms with Crippen molar-refractivity contribution in [3.63, 3.8) is 0 Å². The number of aliphatic carboxylic acids is 1. The van der Waals surface area contributed by atoms with Crippen molar-refractivity contribution in [2.75, 3.05) is 6.54 Å². The molecule has 2 aliphatic rings. The summed E-state index contributed by atoms with van der Waals surface area (Å²) in [5.74, 6) is 0.0725. The Labute approximate surface area is 91.2 Å². The van der Waals surface area contributed by atoms with Crippen LogP contribution in [0.5, 0.6) is 0 Å². The van der Waals surface area contributed by atoms with Gasteiger partial charge in [0.1, 0.15) is 5.54 Å². The molecular formula is C12H21NO2. The van der Waals surface area contributed by atoms with Crippen LogP contribution in [0.2, 0.25) is 0 Å². The van der Waals surface area contributed by atoms with E-state index in [0.717, 1.165) is 31.7 Å². The van der Waals surface area contributed by atoms with Crippen LogP contribution < -0.4 is 5.32 Å². The van der Waals surface area contributed by atoms with E-state index in [-0.39, 0.29) is 5.41 Å². The topological polar surface area (TPSA) is 49.3 Å². The van der Waals surface area contributed by atoms with E-state index in [1.54, 1.807) is 0 Å². The zero-order valence-corrected chi connectivity index (χ0v) is 9.68. The summed E-state index contributed by atoms with van der Waals surface area (Å²) in [5, 5.41) is 12.8. The van der Waals surface area contributed by atoms with Crippen molar-refractivity contribution in [3.05, 3.63) is 0 Å². The molecule has 3 nitrogen and oxygen atoms in total. The maximum Gasteiger partial charge on any atom is 0.324 e. The van der Waals surface area contributed by atoms with E-state index in [2.05, 4.69) is 19.2 Å². The molecule has 2 rings (SSSR count). The molecule has 0 heterocycles. The molecule has 0 aromatic rings. The highest BCUT2D eigenvalue weighted by Gasteiger charge is 2.54. The highest BCUT2D eigenvalue weighted by Crippen LogP contribution is 2.46. The number of nitrogens with one attached hydrogen (secondary N) is 1. The van der Waals surface area contributed by atoms with Gasteiger partial charge in [-0.1, -0.05) is 20.3 Å². The second-order valence-electron chi connectivity index (χ2n) is 5.77. The van der Waals surface area contributed by atoms with E-state index in [1.807, 2.05) is 0 Å². The monoisotopic (exact) mass is 211 g/mol. The van der Waals surface area contributed by atoms with Crippen LogP contribution in [0.1, 0.15) is 46.0 Å². The summed E-state index contributed by atoms with van der Waals surface area (Å²) < 4.78 is 0. The quantitative estimate of drug-likeness (QED) is 0.748.